The summed E-state index contributed by atoms with van der Waals surface area (Å²) in [4.78, 5) is 7.09. The maximum atomic E-state index is 13.1. The highest BCUT2D eigenvalue weighted by atomic mass is 19.2. The number of aliphatic imine (C=N–C) groups is 2. The second-order valence-electron chi connectivity index (χ2n) is 2.95. The van der Waals surface area contributed by atoms with Crippen molar-refractivity contribution in [3.05, 3.63) is 23.8 Å². The number of rotatable bonds is 2. The Bertz CT molecular complexity index is 483. The Hall–Kier alpha value is -2.38. The standard InChI is InChI=1S/C9H11F2N5O/c1-17-6-3-4(2-5(10)7(6)11)15-9(14)16-8(12)13/h2-3H,1H3,(H6,12,13,14,15,16). The van der Waals surface area contributed by atoms with E-state index >= 15 is 0 Å². The summed E-state index contributed by atoms with van der Waals surface area (Å²) in [5, 5.41) is 0. The van der Waals surface area contributed by atoms with Crippen molar-refractivity contribution in [2.75, 3.05) is 7.11 Å². The van der Waals surface area contributed by atoms with Gasteiger partial charge in [-0.15, -0.1) is 0 Å². The van der Waals surface area contributed by atoms with Gasteiger partial charge < -0.3 is 21.9 Å². The SMILES string of the molecule is COc1cc(N=C(N)N=C(N)N)cc(F)c1F. The first kappa shape index (κ1) is 12.7. The van der Waals surface area contributed by atoms with Crippen LogP contribution in [0.2, 0.25) is 0 Å². The number of hydrogen-bond acceptors (Lipinski definition) is 2. The maximum absolute atomic E-state index is 13.1. The van der Waals surface area contributed by atoms with Gasteiger partial charge in [0.2, 0.25) is 11.8 Å². The summed E-state index contributed by atoms with van der Waals surface area (Å²) in [5.74, 6) is -3.08. The number of guanidine groups is 2. The van der Waals surface area contributed by atoms with Crippen LogP contribution in [-0.2, 0) is 0 Å². The van der Waals surface area contributed by atoms with Gasteiger partial charge in [-0.05, 0) is 0 Å². The van der Waals surface area contributed by atoms with E-state index in [9.17, 15) is 8.78 Å². The third-order valence-corrected chi connectivity index (χ3v) is 1.69. The minimum atomic E-state index is -1.11. The van der Waals surface area contributed by atoms with Crippen molar-refractivity contribution in [1.82, 2.24) is 0 Å². The van der Waals surface area contributed by atoms with Gasteiger partial charge >= 0.3 is 0 Å². The number of halogens is 2. The molecule has 0 atom stereocenters. The highest BCUT2D eigenvalue weighted by Crippen LogP contribution is 2.26. The van der Waals surface area contributed by atoms with E-state index in [1.807, 2.05) is 0 Å². The van der Waals surface area contributed by atoms with Crippen LogP contribution in [0.15, 0.2) is 22.1 Å². The Morgan fingerprint density at radius 1 is 1.24 bits per heavy atom. The second-order valence-corrected chi connectivity index (χ2v) is 2.95. The predicted molar refractivity (Wildman–Crippen MR) is 60.0 cm³/mol. The summed E-state index contributed by atoms with van der Waals surface area (Å²) in [6, 6.07) is 2.00. The van der Waals surface area contributed by atoms with E-state index in [0.717, 1.165) is 12.1 Å². The van der Waals surface area contributed by atoms with Gasteiger partial charge in [-0.1, -0.05) is 0 Å². The predicted octanol–water partition coefficient (Wildman–Crippen LogP) is 0.193. The van der Waals surface area contributed by atoms with Crippen LogP contribution in [0.5, 0.6) is 5.75 Å². The van der Waals surface area contributed by atoms with Crippen LogP contribution in [0, 0.1) is 11.6 Å². The molecule has 0 spiro atoms. The molecule has 6 N–H and O–H groups in total. The van der Waals surface area contributed by atoms with E-state index in [1.165, 1.54) is 7.11 Å². The molecule has 0 fully saturated rings. The highest BCUT2D eigenvalue weighted by Gasteiger charge is 2.11. The molecule has 0 aliphatic carbocycles. The van der Waals surface area contributed by atoms with Crippen molar-refractivity contribution >= 4 is 17.6 Å². The molecule has 1 rings (SSSR count). The lowest BCUT2D eigenvalue weighted by Crippen LogP contribution is -2.26. The Morgan fingerprint density at radius 3 is 2.41 bits per heavy atom. The first-order chi connectivity index (χ1) is 7.93. The van der Waals surface area contributed by atoms with Gasteiger partial charge in [-0.3, -0.25) is 0 Å². The smallest absolute Gasteiger partial charge is 0.223 e. The first-order valence-electron chi connectivity index (χ1n) is 4.41. The van der Waals surface area contributed by atoms with Gasteiger partial charge in [0.25, 0.3) is 0 Å². The fraction of sp³-hybridized carbons (Fsp3) is 0.111. The van der Waals surface area contributed by atoms with Crippen LogP contribution < -0.4 is 21.9 Å². The molecule has 17 heavy (non-hydrogen) atoms. The molecule has 0 radical (unpaired) electrons. The molecular formula is C9H11F2N5O. The fourth-order valence-electron chi connectivity index (χ4n) is 1.05. The summed E-state index contributed by atoms with van der Waals surface area (Å²) >= 11 is 0. The molecule has 0 aliphatic heterocycles. The molecule has 92 valence electrons. The van der Waals surface area contributed by atoms with Crippen LogP contribution in [0.25, 0.3) is 0 Å². The molecule has 8 heteroatoms. The molecule has 1 aromatic rings. The quantitative estimate of drug-likeness (QED) is 0.508. The van der Waals surface area contributed by atoms with Crippen LogP contribution >= 0.6 is 0 Å². The molecule has 0 saturated heterocycles. The van der Waals surface area contributed by atoms with Crippen molar-refractivity contribution in [2.24, 2.45) is 27.2 Å². The van der Waals surface area contributed by atoms with E-state index < -0.39 is 11.6 Å². The summed E-state index contributed by atoms with van der Waals surface area (Å²) < 4.78 is 30.8. The van der Waals surface area contributed by atoms with E-state index in [0.29, 0.717) is 0 Å². The van der Waals surface area contributed by atoms with Gasteiger partial charge in [0.1, 0.15) is 0 Å². The zero-order valence-corrected chi connectivity index (χ0v) is 8.95. The van der Waals surface area contributed by atoms with Crippen molar-refractivity contribution in [2.45, 2.75) is 0 Å². The fourth-order valence-corrected chi connectivity index (χ4v) is 1.05. The number of ether oxygens (including phenoxy) is 1. The number of benzene rings is 1. The third kappa shape index (κ3) is 3.30. The molecule has 0 aromatic heterocycles. The average molecular weight is 243 g/mol. The zero-order valence-electron chi connectivity index (χ0n) is 8.95. The third-order valence-electron chi connectivity index (χ3n) is 1.69. The monoisotopic (exact) mass is 243 g/mol. The summed E-state index contributed by atoms with van der Waals surface area (Å²) in [7, 11) is 1.20. The van der Waals surface area contributed by atoms with Crippen molar-refractivity contribution in [3.8, 4) is 5.75 Å². The number of hydrogen-bond donors (Lipinski definition) is 3. The first-order valence-corrected chi connectivity index (χ1v) is 4.41. The molecule has 1 aromatic carbocycles. The van der Waals surface area contributed by atoms with Crippen LogP contribution in [0.4, 0.5) is 14.5 Å². The molecule has 0 amide bonds. The minimum Gasteiger partial charge on any atom is -0.493 e. The molecule has 0 bridgehead atoms. The largest absolute Gasteiger partial charge is 0.493 e. The number of methoxy groups -OCH3 is 1. The van der Waals surface area contributed by atoms with Crippen LogP contribution in [0.3, 0.4) is 0 Å². The topological polar surface area (TPSA) is 112 Å². The molecule has 0 saturated carbocycles. The Morgan fingerprint density at radius 2 is 1.88 bits per heavy atom. The Labute approximate surface area is 95.8 Å². The van der Waals surface area contributed by atoms with Gasteiger partial charge in [0.05, 0.1) is 12.8 Å². The highest BCUT2D eigenvalue weighted by molar-refractivity contribution is 5.93. The van der Waals surface area contributed by atoms with E-state index in [4.69, 9.17) is 17.2 Å². The molecular weight excluding hydrogens is 232 g/mol. The van der Waals surface area contributed by atoms with Gasteiger partial charge in [0.15, 0.2) is 17.5 Å². The second kappa shape index (κ2) is 5.10. The van der Waals surface area contributed by atoms with E-state index in [2.05, 4.69) is 14.7 Å². The average Bonchev–Trinajstić information content (AvgIpc) is 2.21. The summed E-state index contributed by atoms with van der Waals surface area (Å²) in [5.41, 5.74) is 15.5. The van der Waals surface area contributed by atoms with Crippen LogP contribution in [0.1, 0.15) is 0 Å². The van der Waals surface area contributed by atoms with Gasteiger partial charge in [-0.25, -0.2) is 9.38 Å². The number of nitrogens with two attached hydrogens (primary N) is 3. The van der Waals surface area contributed by atoms with Crippen LogP contribution in [-0.4, -0.2) is 19.0 Å². The maximum Gasteiger partial charge on any atom is 0.223 e. The minimum absolute atomic E-state index is 0.0308. The van der Waals surface area contributed by atoms with Crippen molar-refractivity contribution < 1.29 is 13.5 Å². The van der Waals surface area contributed by atoms with E-state index in [-0.39, 0.29) is 23.4 Å². The number of nitrogens with zero attached hydrogens (tertiary/aromatic N) is 2. The normalized spacial score (nSPS) is 11.1. The summed E-state index contributed by atoms with van der Waals surface area (Å²) in [6.45, 7) is 0. The lowest BCUT2D eigenvalue weighted by atomic mass is 10.3. The summed E-state index contributed by atoms with van der Waals surface area (Å²) in [6.07, 6.45) is 0. The molecule has 6 nitrogen and oxygen atoms in total. The zero-order chi connectivity index (χ0) is 13.0. The Kier molecular flexibility index (Phi) is 3.81. The lowest BCUT2D eigenvalue weighted by Gasteiger charge is -2.04. The van der Waals surface area contributed by atoms with E-state index in [1.54, 1.807) is 0 Å². The van der Waals surface area contributed by atoms with Crippen molar-refractivity contribution in [3.63, 3.8) is 0 Å². The molecule has 0 heterocycles. The molecule has 0 unspecified atom stereocenters. The van der Waals surface area contributed by atoms with Gasteiger partial charge in [0, 0.05) is 12.1 Å². The Balaban J connectivity index is 3.16. The van der Waals surface area contributed by atoms with Crippen molar-refractivity contribution in [1.29, 1.82) is 0 Å². The van der Waals surface area contributed by atoms with Gasteiger partial charge in [-0.2, -0.15) is 9.38 Å². The molecule has 0 aliphatic rings. The lowest BCUT2D eigenvalue weighted by molar-refractivity contribution is 0.372.